The van der Waals surface area contributed by atoms with Crippen LogP contribution in [-0.2, 0) is 0 Å². The largest absolute Gasteiger partial charge is 0.490 e. The van der Waals surface area contributed by atoms with Crippen LogP contribution in [0.2, 0.25) is 0 Å². The lowest BCUT2D eigenvalue weighted by molar-refractivity contribution is 0.224. The van der Waals surface area contributed by atoms with E-state index in [0.717, 1.165) is 40.9 Å². The second-order valence-corrected chi connectivity index (χ2v) is 5.12. The zero-order chi connectivity index (χ0) is 13.7. The van der Waals surface area contributed by atoms with Crippen LogP contribution in [0.1, 0.15) is 13.8 Å². The van der Waals surface area contributed by atoms with Gasteiger partial charge in [-0.05, 0) is 35.1 Å². The van der Waals surface area contributed by atoms with E-state index in [4.69, 9.17) is 4.74 Å². The maximum Gasteiger partial charge on any atom is 0.148 e. The number of likely N-dealkylation sites (N-methyl/N-ethyl adjacent to an activating group) is 1. The van der Waals surface area contributed by atoms with Gasteiger partial charge in [-0.2, -0.15) is 0 Å². The molecule has 0 atom stereocenters. The van der Waals surface area contributed by atoms with Crippen LogP contribution in [0.3, 0.4) is 0 Å². The molecule has 0 amide bonds. The summed E-state index contributed by atoms with van der Waals surface area (Å²) in [6, 6.07) is 3.81. The lowest BCUT2D eigenvalue weighted by Crippen LogP contribution is -2.27. The molecule has 0 aromatic carbocycles. The number of hydrogen-bond donors (Lipinski definition) is 0. The predicted molar refractivity (Wildman–Crippen MR) is 80.5 cm³/mol. The molecule has 2 aromatic rings. The maximum atomic E-state index is 5.83. The van der Waals surface area contributed by atoms with E-state index in [0.29, 0.717) is 6.61 Å². The molecule has 2 rings (SSSR count). The first-order valence-electron chi connectivity index (χ1n) is 6.50. The van der Waals surface area contributed by atoms with Gasteiger partial charge in [-0.25, -0.2) is 4.98 Å². The Labute approximate surface area is 121 Å². The molecule has 0 aliphatic heterocycles. The molecule has 0 bridgehead atoms. The van der Waals surface area contributed by atoms with Gasteiger partial charge in [0.25, 0.3) is 0 Å². The Morgan fingerprint density at radius 3 is 2.79 bits per heavy atom. The van der Waals surface area contributed by atoms with Crippen LogP contribution in [0, 0.1) is 0 Å². The first-order valence-corrected chi connectivity index (χ1v) is 7.29. The van der Waals surface area contributed by atoms with E-state index in [9.17, 15) is 0 Å². The molecule has 0 aliphatic carbocycles. The predicted octanol–water partition coefficient (Wildman–Crippen LogP) is 3.11. The van der Waals surface area contributed by atoms with Crippen molar-refractivity contribution in [2.45, 2.75) is 13.8 Å². The van der Waals surface area contributed by atoms with Gasteiger partial charge in [0.15, 0.2) is 0 Å². The summed E-state index contributed by atoms with van der Waals surface area (Å²) in [5.74, 6) is 0.796. The van der Waals surface area contributed by atoms with Crippen molar-refractivity contribution in [1.82, 2.24) is 14.9 Å². The first-order chi connectivity index (χ1) is 9.24. The van der Waals surface area contributed by atoms with Gasteiger partial charge in [0.1, 0.15) is 17.9 Å². The van der Waals surface area contributed by atoms with Crippen LogP contribution in [0.25, 0.3) is 11.0 Å². The van der Waals surface area contributed by atoms with Gasteiger partial charge in [0.05, 0.1) is 5.52 Å². The highest BCUT2D eigenvalue weighted by molar-refractivity contribution is 9.10. The maximum absolute atomic E-state index is 5.83. The Hall–Kier alpha value is -1.20. The second kappa shape index (κ2) is 6.82. The fourth-order valence-corrected chi connectivity index (χ4v) is 2.24. The van der Waals surface area contributed by atoms with Gasteiger partial charge < -0.3 is 9.64 Å². The average Bonchev–Trinajstić information content (AvgIpc) is 2.43. The van der Waals surface area contributed by atoms with Crippen molar-refractivity contribution in [1.29, 1.82) is 0 Å². The van der Waals surface area contributed by atoms with Crippen LogP contribution >= 0.6 is 15.9 Å². The normalized spacial score (nSPS) is 11.2. The summed E-state index contributed by atoms with van der Waals surface area (Å²) < 4.78 is 6.76. The third-order valence-electron chi connectivity index (χ3n) is 3.07. The Balaban J connectivity index is 2.08. The number of rotatable bonds is 6. The third-order valence-corrected chi connectivity index (χ3v) is 3.50. The highest BCUT2D eigenvalue weighted by Gasteiger charge is 2.06. The Morgan fingerprint density at radius 2 is 2.05 bits per heavy atom. The summed E-state index contributed by atoms with van der Waals surface area (Å²) in [4.78, 5) is 11.0. The molecule has 0 radical (unpaired) electrons. The second-order valence-electron chi connectivity index (χ2n) is 4.21. The zero-order valence-electron chi connectivity index (χ0n) is 11.3. The van der Waals surface area contributed by atoms with Gasteiger partial charge in [-0.1, -0.05) is 13.8 Å². The molecule has 5 heteroatoms. The monoisotopic (exact) mass is 323 g/mol. The van der Waals surface area contributed by atoms with Gasteiger partial charge in [-0.15, -0.1) is 0 Å². The summed E-state index contributed by atoms with van der Waals surface area (Å²) in [6.07, 6.45) is 3.52. The fourth-order valence-electron chi connectivity index (χ4n) is 1.92. The van der Waals surface area contributed by atoms with Crippen molar-refractivity contribution in [2.24, 2.45) is 0 Å². The molecule has 0 unspecified atom stereocenters. The third kappa shape index (κ3) is 3.64. The van der Waals surface area contributed by atoms with Crippen LogP contribution in [0.4, 0.5) is 0 Å². The van der Waals surface area contributed by atoms with Gasteiger partial charge in [0, 0.05) is 29.5 Å². The minimum absolute atomic E-state index is 0.665. The Morgan fingerprint density at radius 1 is 1.26 bits per heavy atom. The van der Waals surface area contributed by atoms with Gasteiger partial charge in [0.2, 0.25) is 0 Å². The van der Waals surface area contributed by atoms with Crippen molar-refractivity contribution >= 4 is 27.0 Å². The van der Waals surface area contributed by atoms with Crippen molar-refractivity contribution < 1.29 is 4.74 Å². The number of ether oxygens (including phenoxy) is 1. The summed E-state index contributed by atoms with van der Waals surface area (Å²) in [5, 5.41) is 0. The Bertz CT molecular complexity index is 543. The van der Waals surface area contributed by atoms with Gasteiger partial charge >= 0.3 is 0 Å². The molecular formula is C14H18BrN3O. The number of halogens is 1. The number of nitrogens with zero attached hydrogens (tertiary/aromatic N) is 3. The molecule has 0 aliphatic rings. The quantitative estimate of drug-likeness (QED) is 0.818. The number of pyridine rings is 2. The van der Waals surface area contributed by atoms with Crippen molar-refractivity contribution in [3.05, 3.63) is 29.0 Å². The Kier molecular flexibility index (Phi) is 5.10. The first kappa shape index (κ1) is 14.2. The molecule has 0 saturated heterocycles. The summed E-state index contributed by atoms with van der Waals surface area (Å²) in [6.45, 7) is 7.99. The molecule has 19 heavy (non-hydrogen) atoms. The molecular weight excluding hydrogens is 306 g/mol. The molecule has 102 valence electrons. The number of aromatic nitrogens is 2. The summed E-state index contributed by atoms with van der Waals surface area (Å²) in [5.41, 5.74) is 1.65. The van der Waals surface area contributed by atoms with E-state index >= 15 is 0 Å². The highest BCUT2D eigenvalue weighted by atomic mass is 79.9. The topological polar surface area (TPSA) is 38.2 Å². The van der Waals surface area contributed by atoms with E-state index in [2.05, 4.69) is 44.6 Å². The lowest BCUT2D eigenvalue weighted by atomic mass is 10.3. The molecule has 4 nitrogen and oxygen atoms in total. The van der Waals surface area contributed by atoms with Crippen LogP contribution < -0.4 is 4.74 Å². The summed E-state index contributed by atoms with van der Waals surface area (Å²) in [7, 11) is 0. The number of hydrogen-bond acceptors (Lipinski definition) is 4. The van der Waals surface area contributed by atoms with E-state index < -0.39 is 0 Å². The highest BCUT2D eigenvalue weighted by Crippen LogP contribution is 2.23. The zero-order valence-corrected chi connectivity index (χ0v) is 12.9. The number of fused-ring (bicyclic) bond motifs is 1. The van der Waals surface area contributed by atoms with E-state index in [1.165, 1.54) is 0 Å². The minimum atomic E-state index is 0.665. The van der Waals surface area contributed by atoms with E-state index in [-0.39, 0.29) is 0 Å². The smallest absolute Gasteiger partial charge is 0.148 e. The van der Waals surface area contributed by atoms with Crippen LogP contribution in [0.15, 0.2) is 29.0 Å². The van der Waals surface area contributed by atoms with Crippen molar-refractivity contribution in [3.8, 4) is 5.75 Å². The van der Waals surface area contributed by atoms with Crippen molar-refractivity contribution in [3.63, 3.8) is 0 Å². The van der Waals surface area contributed by atoms with Crippen LogP contribution in [-0.4, -0.2) is 41.1 Å². The molecule has 0 spiro atoms. The van der Waals surface area contributed by atoms with Gasteiger partial charge in [-0.3, -0.25) is 4.98 Å². The van der Waals surface area contributed by atoms with E-state index in [1.54, 1.807) is 12.4 Å². The minimum Gasteiger partial charge on any atom is -0.490 e. The standard InChI is InChI=1S/C14H18BrN3O/c1-3-18(4-2)7-8-19-13-5-6-16-12-9-11(15)10-17-14(12)13/h5-6,9-10H,3-4,7-8H2,1-2H3. The SMILES string of the molecule is CCN(CC)CCOc1ccnc2cc(Br)cnc12. The average molecular weight is 324 g/mol. The molecule has 0 N–H and O–H groups in total. The molecule has 2 aromatic heterocycles. The lowest BCUT2D eigenvalue weighted by Gasteiger charge is -2.18. The van der Waals surface area contributed by atoms with Crippen molar-refractivity contribution in [2.75, 3.05) is 26.2 Å². The fraction of sp³-hybridized carbons (Fsp3) is 0.429. The summed E-state index contributed by atoms with van der Waals surface area (Å²) >= 11 is 3.40. The van der Waals surface area contributed by atoms with E-state index in [1.807, 2.05) is 12.1 Å². The van der Waals surface area contributed by atoms with Crippen LogP contribution in [0.5, 0.6) is 5.75 Å². The molecule has 0 saturated carbocycles. The molecule has 2 heterocycles. The molecule has 0 fully saturated rings.